The Labute approximate surface area is 332 Å². The van der Waals surface area contributed by atoms with Gasteiger partial charge in [0.05, 0.1) is 27.0 Å². The molecule has 13 nitrogen and oxygen atoms in total. The quantitative estimate of drug-likeness (QED) is 0.0958. The maximum absolute atomic E-state index is 12.3. The summed E-state index contributed by atoms with van der Waals surface area (Å²) in [6, 6.07) is 23.5. The number of fused-ring (bicyclic) bond motifs is 1. The van der Waals surface area contributed by atoms with Crippen LogP contribution in [0.3, 0.4) is 0 Å². The predicted octanol–water partition coefficient (Wildman–Crippen LogP) is 6.00. The van der Waals surface area contributed by atoms with Crippen LogP contribution in [0.4, 0.5) is 16.6 Å². The van der Waals surface area contributed by atoms with E-state index in [0.29, 0.717) is 35.9 Å². The Morgan fingerprint density at radius 2 is 1.61 bits per heavy atom. The van der Waals surface area contributed by atoms with Crippen LogP contribution in [0.2, 0.25) is 5.04 Å². The molecule has 1 atom stereocenters. The highest BCUT2D eigenvalue weighted by molar-refractivity contribution is 6.99. The fraction of sp³-hybridized carbons (Fsp3) is 0.452. The molecule has 0 aliphatic carbocycles. The van der Waals surface area contributed by atoms with Crippen LogP contribution in [0, 0.1) is 0 Å². The third-order valence-electron chi connectivity index (χ3n) is 9.94. The number of hydrogen-bond donors (Lipinski definition) is 2. The number of ether oxygens (including phenoxy) is 2. The summed E-state index contributed by atoms with van der Waals surface area (Å²) in [7, 11) is 6.46. The van der Waals surface area contributed by atoms with Gasteiger partial charge >= 0.3 is 6.09 Å². The van der Waals surface area contributed by atoms with Crippen molar-refractivity contribution in [3.05, 3.63) is 90.3 Å². The maximum Gasteiger partial charge on any atom is 0.413 e. The van der Waals surface area contributed by atoms with E-state index in [1.54, 1.807) is 13.3 Å². The Hall–Kier alpha value is -4.89. The van der Waals surface area contributed by atoms with Crippen molar-refractivity contribution in [2.24, 2.45) is 0 Å². The molecule has 5 rings (SSSR count). The number of pyridine rings is 1. The van der Waals surface area contributed by atoms with Gasteiger partial charge in [-0.25, -0.2) is 14.8 Å². The molecular formula is C42H59N9O4Si. The minimum atomic E-state index is -2.73. The molecule has 300 valence electrons. The number of aromatic nitrogens is 5. The number of amides is 1. The van der Waals surface area contributed by atoms with E-state index in [2.05, 4.69) is 146 Å². The second-order valence-electron chi connectivity index (χ2n) is 15.5. The van der Waals surface area contributed by atoms with Gasteiger partial charge in [0.1, 0.15) is 11.0 Å². The van der Waals surface area contributed by atoms with Gasteiger partial charge in [-0.05, 0) is 61.0 Å². The van der Waals surface area contributed by atoms with Gasteiger partial charge in [-0.3, -0.25) is 10.00 Å². The first-order valence-electron chi connectivity index (χ1n) is 19.3. The molecule has 0 spiro atoms. The van der Waals surface area contributed by atoms with Gasteiger partial charge in [0.2, 0.25) is 11.8 Å². The summed E-state index contributed by atoms with van der Waals surface area (Å²) in [6.07, 6.45) is 5.42. The zero-order valence-corrected chi connectivity index (χ0v) is 35.5. The molecule has 2 aromatic carbocycles. The van der Waals surface area contributed by atoms with Crippen LogP contribution < -0.4 is 25.7 Å². The van der Waals surface area contributed by atoms with Crippen LogP contribution in [0.1, 0.15) is 58.1 Å². The first-order valence-corrected chi connectivity index (χ1v) is 21.2. The highest BCUT2D eigenvalue weighted by Gasteiger charge is 2.50. The van der Waals surface area contributed by atoms with Crippen molar-refractivity contribution in [3.63, 3.8) is 0 Å². The van der Waals surface area contributed by atoms with Crippen molar-refractivity contribution in [1.82, 2.24) is 34.5 Å². The second kappa shape index (κ2) is 19.3. The van der Waals surface area contributed by atoms with Crippen molar-refractivity contribution in [2.45, 2.75) is 71.1 Å². The molecule has 56 heavy (non-hydrogen) atoms. The van der Waals surface area contributed by atoms with E-state index in [1.165, 1.54) is 17.5 Å². The minimum absolute atomic E-state index is 0.0112. The lowest BCUT2D eigenvalue weighted by Gasteiger charge is -2.43. The Morgan fingerprint density at radius 3 is 2.20 bits per heavy atom. The summed E-state index contributed by atoms with van der Waals surface area (Å²) in [5, 5.41) is 13.5. The Balaban J connectivity index is 1.47. The topological polar surface area (TPSA) is 132 Å². The molecular weight excluding hydrogens is 723 g/mol. The molecule has 0 radical (unpaired) electrons. The highest BCUT2D eigenvalue weighted by atomic mass is 28.4. The molecule has 0 aliphatic heterocycles. The van der Waals surface area contributed by atoms with Crippen LogP contribution in [-0.2, 0) is 22.3 Å². The van der Waals surface area contributed by atoms with E-state index in [1.807, 2.05) is 10.9 Å². The molecule has 0 fully saturated rings. The zero-order chi connectivity index (χ0) is 40.3. The lowest BCUT2D eigenvalue weighted by molar-refractivity contribution is 0.186. The maximum atomic E-state index is 12.3. The monoisotopic (exact) mass is 781 g/mol. The number of hydrogen-bond acceptors (Lipinski definition) is 11. The molecule has 0 saturated carbocycles. The summed E-state index contributed by atoms with van der Waals surface area (Å²) in [4.78, 5) is 30.9. The number of anilines is 2. The van der Waals surface area contributed by atoms with Gasteiger partial charge in [-0.2, -0.15) is 10.1 Å². The number of carbonyl (C=O) groups is 1. The molecule has 3 aromatic heterocycles. The average Bonchev–Trinajstić information content (AvgIpc) is 3.58. The Morgan fingerprint density at radius 1 is 0.929 bits per heavy atom. The summed E-state index contributed by atoms with van der Waals surface area (Å²) in [5.74, 6) is 1.19. The Kier molecular flexibility index (Phi) is 14.6. The fourth-order valence-electron chi connectivity index (χ4n) is 7.22. The highest BCUT2D eigenvalue weighted by Crippen LogP contribution is 2.37. The molecule has 14 heteroatoms. The van der Waals surface area contributed by atoms with E-state index in [9.17, 15) is 4.79 Å². The molecule has 0 aliphatic rings. The molecule has 0 saturated heterocycles. The minimum Gasteiger partial charge on any atom is -0.481 e. The van der Waals surface area contributed by atoms with E-state index in [0.717, 1.165) is 50.0 Å². The van der Waals surface area contributed by atoms with Crippen molar-refractivity contribution < 1.29 is 18.7 Å². The average molecular weight is 782 g/mol. The van der Waals surface area contributed by atoms with Crippen LogP contribution in [0.25, 0.3) is 11.0 Å². The molecule has 0 bridgehead atoms. The van der Waals surface area contributed by atoms with E-state index in [4.69, 9.17) is 24.0 Å². The van der Waals surface area contributed by atoms with E-state index >= 15 is 0 Å². The number of nitrogens with one attached hydrogen (secondary N) is 2. The zero-order valence-electron chi connectivity index (χ0n) is 34.5. The third kappa shape index (κ3) is 10.3. The summed E-state index contributed by atoms with van der Waals surface area (Å²) >= 11 is 0. The van der Waals surface area contributed by atoms with Gasteiger partial charge in [-0.1, -0.05) is 94.8 Å². The van der Waals surface area contributed by atoms with Gasteiger partial charge in [0.15, 0.2) is 5.82 Å². The second-order valence-corrected chi connectivity index (χ2v) is 19.8. The molecule has 2 N–H and O–H groups in total. The largest absolute Gasteiger partial charge is 0.481 e. The van der Waals surface area contributed by atoms with Crippen LogP contribution in [0.5, 0.6) is 5.88 Å². The number of likely N-dealkylation sites (N-methyl/N-ethyl adjacent to an activating group) is 2. The number of carbonyl (C=O) groups excluding carboxylic acids is 1. The summed E-state index contributed by atoms with van der Waals surface area (Å²) < 4.78 is 19.7. The molecule has 5 aromatic rings. The lowest BCUT2D eigenvalue weighted by atomic mass is 10.1. The lowest BCUT2D eigenvalue weighted by Crippen LogP contribution is -2.66. The fourth-order valence-corrected chi connectivity index (χ4v) is 11.8. The summed E-state index contributed by atoms with van der Waals surface area (Å²) in [5.41, 5.74) is 3.22. The van der Waals surface area contributed by atoms with Crippen LogP contribution in [-0.4, -0.2) is 110 Å². The van der Waals surface area contributed by atoms with Crippen LogP contribution >= 0.6 is 0 Å². The number of benzene rings is 2. The third-order valence-corrected chi connectivity index (χ3v) is 15.0. The standard InChI is InChI=1S/C42H59N9O4Si/c1-10-17-33(22-25-55-56(42(2,3)4,34-18-13-11-14-19-34)35-20-15-12-16-21-35)45-38-37-36(46-40(47-38)48-41(52)54-9)28-44-51(37)30-32-26-31(27-43-39(32)53-8)29-50(7)24-23-49(5)6/h11-16,18-21,26-28,33H,10,17,22-25,29-30H2,1-9H3,(H2,45,46,47,48,52)/t33-/m0/s1. The van der Waals surface area contributed by atoms with Crippen molar-refractivity contribution >= 4 is 47.6 Å². The van der Waals surface area contributed by atoms with Gasteiger partial charge in [-0.15, -0.1) is 0 Å². The van der Waals surface area contributed by atoms with E-state index in [-0.39, 0.29) is 17.0 Å². The first kappa shape index (κ1) is 42.3. The molecule has 1 amide bonds. The number of nitrogens with zero attached hydrogens (tertiary/aromatic N) is 7. The van der Waals surface area contributed by atoms with E-state index < -0.39 is 14.4 Å². The smallest absolute Gasteiger partial charge is 0.413 e. The predicted molar refractivity (Wildman–Crippen MR) is 227 cm³/mol. The van der Waals surface area contributed by atoms with Crippen molar-refractivity contribution in [1.29, 1.82) is 0 Å². The Bertz CT molecular complexity index is 1970. The van der Waals surface area contributed by atoms with Gasteiger partial charge in [0, 0.05) is 44.0 Å². The normalized spacial score (nSPS) is 12.6. The number of methoxy groups -OCH3 is 2. The summed E-state index contributed by atoms with van der Waals surface area (Å²) in [6.45, 7) is 12.6. The van der Waals surface area contributed by atoms with Crippen LogP contribution in [0.15, 0.2) is 79.1 Å². The molecule has 3 heterocycles. The molecule has 0 unspecified atom stereocenters. The van der Waals surface area contributed by atoms with Gasteiger partial charge < -0.3 is 29.0 Å². The van der Waals surface area contributed by atoms with Crippen molar-refractivity contribution in [2.75, 3.05) is 65.7 Å². The van der Waals surface area contributed by atoms with Crippen molar-refractivity contribution in [3.8, 4) is 5.88 Å². The first-order chi connectivity index (χ1) is 26.9. The SMILES string of the molecule is CCC[C@@H](CCO[Si](c1ccccc1)(c1ccccc1)C(C)(C)C)Nc1nc(NC(=O)OC)nc2cnn(Cc3cc(CN(C)CCN(C)C)cnc3OC)c12. The van der Waals surface area contributed by atoms with Gasteiger partial charge in [0.25, 0.3) is 8.32 Å². The number of rotatable bonds is 19.